The second kappa shape index (κ2) is 8.37. The highest BCUT2D eigenvalue weighted by atomic mass is 32.2. The number of benzene rings is 1. The van der Waals surface area contributed by atoms with Crippen molar-refractivity contribution in [1.29, 1.82) is 0 Å². The van der Waals surface area contributed by atoms with E-state index in [1.165, 1.54) is 18.2 Å². The molecule has 0 saturated heterocycles. The highest BCUT2D eigenvalue weighted by Crippen LogP contribution is 2.31. The molecule has 0 spiro atoms. The quantitative estimate of drug-likeness (QED) is 0.685. The summed E-state index contributed by atoms with van der Waals surface area (Å²) in [6, 6.07) is 4.27. The van der Waals surface area contributed by atoms with Crippen molar-refractivity contribution in [2.75, 3.05) is 19.8 Å². The molecule has 1 aliphatic rings. The molecule has 0 bridgehead atoms. The fourth-order valence-electron chi connectivity index (χ4n) is 2.36. The Morgan fingerprint density at radius 2 is 1.93 bits per heavy atom. The fraction of sp³-hybridized carbons (Fsp3) is 0.500. The molecular weight excluding hydrogens is 402 g/mol. The van der Waals surface area contributed by atoms with E-state index < -0.39 is 22.5 Å². The van der Waals surface area contributed by atoms with Crippen molar-refractivity contribution in [2.24, 2.45) is 0 Å². The standard InChI is InChI=1S/C18H23N3O7S/c1-18(2,3)17-20-15(28-21-17)11-27-16(22)10-19-29(23,24)12-5-6-13-14(9-12)26-8-4-7-25-13/h5-6,9,19H,4,7-8,10-11H2,1-3H3. The molecular formula is C18H23N3O7S. The molecule has 10 nitrogen and oxygen atoms in total. The molecule has 0 saturated carbocycles. The molecule has 2 heterocycles. The third-order valence-corrected chi connectivity index (χ3v) is 5.33. The Morgan fingerprint density at radius 3 is 2.62 bits per heavy atom. The summed E-state index contributed by atoms with van der Waals surface area (Å²) in [4.78, 5) is 16.0. The van der Waals surface area contributed by atoms with Crippen molar-refractivity contribution >= 4 is 16.0 Å². The first kappa shape index (κ1) is 21.1. The van der Waals surface area contributed by atoms with Gasteiger partial charge in [0.1, 0.15) is 6.54 Å². The molecule has 0 amide bonds. The van der Waals surface area contributed by atoms with E-state index in [0.29, 0.717) is 37.0 Å². The molecule has 0 fully saturated rings. The zero-order valence-corrected chi connectivity index (χ0v) is 17.2. The number of fused-ring (bicyclic) bond motifs is 1. The lowest BCUT2D eigenvalue weighted by Crippen LogP contribution is -2.30. The van der Waals surface area contributed by atoms with Gasteiger partial charge in [0.05, 0.1) is 18.1 Å². The molecule has 3 rings (SSSR count). The molecule has 1 aromatic carbocycles. The third kappa shape index (κ3) is 5.45. The van der Waals surface area contributed by atoms with E-state index >= 15 is 0 Å². The van der Waals surface area contributed by atoms with Gasteiger partial charge in [-0.3, -0.25) is 4.79 Å². The number of hydrogen-bond donors (Lipinski definition) is 1. The van der Waals surface area contributed by atoms with Gasteiger partial charge in [-0.05, 0) is 12.1 Å². The van der Waals surface area contributed by atoms with Crippen LogP contribution >= 0.6 is 0 Å². The van der Waals surface area contributed by atoms with Gasteiger partial charge >= 0.3 is 5.97 Å². The minimum absolute atomic E-state index is 0.0405. The lowest BCUT2D eigenvalue weighted by molar-refractivity contribution is -0.144. The Morgan fingerprint density at radius 1 is 1.21 bits per heavy atom. The zero-order valence-electron chi connectivity index (χ0n) is 16.4. The summed E-state index contributed by atoms with van der Waals surface area (Å²) >= 11 is 0. The minimum Gasteiger partial charge on any atom is -0.490 e. The summed E-state index contributed by atoms with van der Waals surface area (Å²) < 4.78 is 48.0. The van der Waals surface area contributed by atoms with Gasteiger partial charge in [-0.15, -0.1) is 0 Å². The number of carbonyl (C=O) groups excluding carboxylic acids is 1. The molecule has 0 aliphatic carbocycles. The molecule has 0 radical (unpaired) electrons. The molecule has 29 heavy (non-hydrogen) atoms. The first-order valence-corrected chi connectivity index (χ1v) is 10.5. The summed E-state index contributed by atoms with van der Waals surface area (Å²) in [5.74, 6) is 0.667. The lowest BCUT2D eigenvalue weighted by Gasteiger charge is -2.11. The van der Waals surface area contributed by atoms with E-state index in [2.05, 4.69) is 14.9 Å². The second-order valence-electron chi connectivity index (χ2n) is 7.41. The maximum Gasteiger partial charge on any atom is 0.321 e. The van der Waals surface area contributed by atoms with Gasteiger partial charge in [0, 0.05) is 17.9 Å². The van der Waals surface area contributed by atoms with Crippen molar-refractivity contribution in [1.82, 2.24) is 14.9 Å². The normalized spacial score (nSPS) is 14.3. The van der Waals surface area contributed by atoms with Gasteiger partial charge < -0.3 is 18.7 Å². The van der Waals surface area contributed by atoms with E-state index in [1.807, 2.05) is 20.8 Å². The smallest absolute Gasteiger partial charge is 0.321 e. The molecule has 1 aromatic heterocycles. The molecule has 2 aromatic rings. The highest BCUT2D eigenvalue weighted by Gasteiger charge is 2.22. The van der Waals surface area contributed by atoms with Crippen LogP contribution < -0.4 is 14.2 Å². The van der Waals surface area contributed by atoms with Crippen LogP contribution in [0.1, 0.15) is 38.9 Å². The third-order valence-electron chi connectivity index (χ3n) is 3.93. The van der Waals surface area contributed by atoms with Gasteiger partial charge in [0.25, 0.3) is 5.89 Å². The Labute approximate surface area is 168 Å². The molecule has 0 atom stereocenters. The van der Waals surface area contributed by atoms with Gasteiger partial charge in [-0.25, -0.2) is 8.42 Å². The van der Waals surface area contributed by atoms with Crippen LogP contribution in [0.2, 0.25) is 0 Å². The van der Waals surface area contributed by atoms with E-state index in [1.54, 1.807) is 0 Å². The lowest BCUT2D eigenvalue weighted by atomic mass is 9.96. The number of carbonyl (C=O) groups is 1. The molecule has 1 aliphatic heterocycles. The summed E-state index contributed by atoms with van der Waals surface area (Å²) in [5.41, 5.74) is -0.302. The summed E-state index contributed by atoms with van der Waals surface area (Å²) in [6.07, 6.45) is 0.706. The highest BCUT2D eigenvalue weighted by molar-refractivity contribution is 7.89. The number of esters is 1. The largest absolute Gasteiger partial charge is 0.490 e. The number of hydrogen-bond acceptors (Lipinski definition) is 9. The minimum atomic E-state index is -3.94. The number of nitrogens with zero attached hydrogens (tertiary/aromatic N) is 2. The molecule has 0 unspecified atom stereocenters. The maximum atomic E-state index is 12.4. The molecule has 11 heteroatoms. The van der Waals surface area contributed by atoms with Crippen LogP contribution in [0.15, 0.2) is 27.6 Å². The van der Waals surface area contributed by atoms with Crippen LogP contribution in [-0.4, -0.2) is 44.3 Å². The van der Waals surface area contributed by atoms with E-state index in [4.69, 9.17) is 18.7 Å². The Bertz CT molecular complexity index is 980. The number of aromatic nitrogens is 2. The van der Waals surface area contributed by atoms with Crippen molar-refractivity contribution in [3.05, 3.63) is 29.9 Å². The maximum absolute atomic E-state index is 12.4. The average Bonchev–Trinajstić information content (AvgIpc) is 3.03. The van der Waals surface area contributed by atoms with Crippen molar-refractivity contribution < 1.29 is 31.9 Å². The van der Waals surface area contributed by atoms with Crippen LogP contribution in [0.3, 0.4) is 0 Å². The zero-order chi connectivity index (χ0) is 21.1. The fourth-order valence-corrected chi connectivity index (χ4v) is 3.34. The average molecular weight is 425 g/mol. The van der Waals surface area contributed by atoms with Crippen LogP contribution in [-0.2, 0) is 31.6 Å². The van der Waals surface area contributed by atoms with E-state index in [-0.39, 0.29) is 22.8 Å². The number of nitrogens with one attached hydrogen (secondary N) is 1. The number of sulfonamides is 1. The monoisotopic (exact) mass is 425 g/mol. The van der Waals surface area contributed by atoms with Crippen molar-refractivity contribution in [3.63, 3.8) is 0 Å². The van der Waals surface area contributed by atoms with Gasteiger partial charge in [0.15, 0.2) is 23.9 Å². The predicted octanol–water partition coefficient (Wildman–Crippen LogP) is 1.55. The molecule has 158 valence electrons. The Hall–Kier alpha value is -2.66. The Balaban J connectivity index is 1.55. The van der Waals surface area contributed by atoms with E-state index in [9.17, 15) is 13.2 Å². The second-order valence-corrected chi connectivity index (χ2v) is 9.17. The van der Waals surface area contributed by atoms with Gasteiger partial charge in [0.2, 0.25) is 10.0 Å². The van der Waals surface area contributed by atoms with Gasteiger partial charge in [-0.2, -0.15) is 9.71 Å². The van der Waals surface area contributed by atoms with E-state index in [0.717, 1.165) is 0 Å². The predicted molar refractivity (Wildman–Crippen MR) is 100 cm³/mol. The van der Waals surface area contributed by atoms with Crippen LogP contribution in [0.4, 0.5) is 0 Å². The van der Waals surface area contributed by atoms with Crippen molar-refractivity contribution in [2.45, 2.75) is 44.1 Å². The topological polar surface area (TPSA) is 130 Å². The van der Waals surface area contributed by atoms with Crippen LogP contribution in [0.5, 0.6) is 11.5 Å². The Kier molecular flexibility index (Phi) is 6.08. The number of ether oxygens (including phenoxy) is 3. The van der Waals surface area contributed by atoms with Crippen molar-refractivity contribution in [3.8, 4) is 11.5 Å². The SMILES string of the molecule is CC(C)(C)c1noc(COC(=O)CNS(=O)(=O)c2ccc3c(c2)OCCCO3)n1. The summed E-state index contributed by atoms with van der Waals surface area (Å²) in [5, 5.41) is 3.82. The van der Waals surface area contributed by atoms with Gasteiger partial charge in [-0.1, -0.05) is 25.9 Å². The number of rotatable bonds is 6. The summed E-state index contributed by atoms with van der Waals surface area (Å²) in [7, 11) is -3.94. The van der Waals surface area contributed by atoms with Crippen LogP contribution in [0.25, 0.3) is 0 Å². The summed E-state index contributed by atoms with van der Waals surface area (Å²) in [6.45, 7) is 5.90. The first-order valence-electron chi connectivity index (χ1n) is 9.03. The first-order chi connectivity index (χ1) is 13.6. The molecule has 1 N–H and O–H groups in total. The van der Waals surface area contributed by atoms with Crippen LogP contribution in [0, 0.1) is 0 Å².